The van der Waals surface area contributed by atoms with E-state index in [9.17, 15) is 4.79 Å². The lowest BCUT2D eigenvalue weighted by molar-refractivity contribution is -0.120. The number of benzene rings is 1. The summed E-state index contributed by atoms with van der Waals surface area (Å²) in [6.07, 6.45) is 3.88. The molecule has 0 bridgehead atoms. The van der Waals surface area contributed by atoms with E-state index in [1.807, 2.05) is 34.9 Å². The van der Waals surface area contributed by atoms with Gasteiger partial charge in [0.2, 0.25) is 5.91 Å². The van der Waals surface area contributed by atoms with Crippen molar-refractivity contribution in [2.45, 2.75) is 49.2 Å². The predicted octanol–water partition coefficient (Wildman–Crippen LogP) is 2.97. The first-order chi connectivity index (χ1) is 10.6. The summed E-state index contributed by atoms with van der Waals surface area (Å²) in [6, 6.07) is 10.5. The summed E-state index contributed by atoms with van der Waals surface area (Å²) < 4.78 is 1.99. The molecular formula is C16H20N4OS. The van der Waals surface area contributed by atoms with Gasteiger partial charge in [0.15, 0.2) is 5.16 Å². The molecule has 1 saturated carbocycles. The zero-order chi connectivity index (χ0) is 15.5. The standard InChI is InChI=1S/C16H20N4OS/c1-11(2)20-10-17-19-16(20)22-14(12-6-4-3-5-7-12)15(21)18-13-8-9-13/h3-7,10-11,13-14H,8-9H2,1-2H3,(H,18,21)/t14-/m0/s1. The number of thioether (sulfide) groups is 1. The summed E-state index contributed by atoms with van der Waals surface area (Å²) in [5.41, 5.74) is 0.990. The Morgan fingerprint density at radius 1 is 1.32 bits per heavy atom. The maximum absolute atomic E-state index is 12.6. The average Bonchev–Trinajstić information content (AvgIpc) is 3.19. The summed E-state index contributed by atoms with van der Waals surface area (Å²) in [4.78, 5) is 12.6. The minimum Gasteiger partial charge on any atom is -0.352 e. The van der Waals surface area contributed by atoms with Crippen molar-refractivity contribution in [1.29, 1.82) is 0 Å². The molecule has 1 heterocycles. The van der Waals surface area contributed by atoms with Crippen molar-refractivity contribution < 1.29 is 4.79 Å². The van der Waals surface area contributed by atoms with Gasteiger partial charge in [-0.15, -0.1) is 10.2 Å². The summed E-state index contributed by atoms with van der Waals surface area (Å²) in [5, 5.41) is 11.7. The van der Waals surface area contributed by atoms with E-state index in [0.717, 1.165) is 23.6 Å². The number of rotatable bonds is 6. The van der Waals surface area contributed by atoms with Gasteiger partial charge in [0.05, 0.1) is 0 Å². The van der Waals surface area contributed by atoms with Crippen LogP contribution in [0.25, 0.3) is 0 Å². The van der Waals surface area contributed by atoms with Crippen molar-refractivity contribution in [3.8, 4) is 0 Å². The number of nitrogens with zero attached hydrogens (tertiary/aromatic N) is 3. The van der Waals surface area contributed by atoms with E-state index in [1.54, 1.807) is 6.33 Å². The zero-order valence-corrected chi connectivity index (χ0v) is 13.6. The van der Waals surface area contributed by atoms with Crippen LogP contribution in [0, 0.1) is 0 Å². The third-order valence-electron chi connectivity index (χ3n) is 3.58. The van der Waals surface area contributed by atoms with Crippen molar-refractivity contribution in [2.75, 3.05) is 0 Å². The Kier molecular flexibility index (Phi) is 4.47. The molecule has 6 heteroatoms. The van der Waals surface area contributed by atoms with E-state index in [1.165, 1.54) is 11.8 Å². The average molecular weight is 316 g/mol. The number of hydrogen-bond donors (Lipinski definition) is 1. The van der Waals surface area contributed by atoms with Gasteiger partial charge in [-0.1, -0.05) is 42.1 Å². The molecule has 0 spiro atoms. The molecule has 3 rings (SSSR count). The summed E-state index contributed by atoms with van der Waals surface area (Å²) in [5.74, 6) is 0.0528. The van der Waals surface area contributed by atoms with Gasteiger partial charge in [0.1, 0.15) is 11.6 Å². The molecule has 0 saturated heterocycles. The van der Waals surface area contributed by atoms with Gasteiger partial charge in [-0.05, 0) is 32.3 Å². The first-order valence-electron chi connectivity index (χ1n) is 7.56. The predicted molar refractivity (Wildman–Crippen MR) is 86.6 cm³/mol. The van der Waals surface area contributed by atoms with Crippen molar-refractivity contribution >= 4 is 17.7 Å². The lowest BCUT2D eigenvalue weighted by Crippen LogP contribution is -2.30. The highest BCUT2D eigenvalue weighted by molar-refractivity contribution is 8.00. The van der Waals surface area contributed by atoms with E-state index < -0.39 is 0 Å². The molecule has 0 unspecified atom stereocenters. The number of nitrogens with one attached hydrogen (secondary N) is 1. The highest BCUT2D eigenvalue weighted by Crippen LogP contribution is 2.36. The molecule has 1 aliphatic rings. The largest absolute Gasteiger partial charge is 0.352 e. The number of hydrogen-bond acceptors (Lipinski definition) is 4. The highest BCUT2D eigenvalue weighted by Gasteiger charge is 2.30. The molecular weight excluding hydrogens is 296 g/mol. The van der Waals surface area contributed by atoms with Crippen LogP contribution in [0.2, 0.25) is 0 Å². The van der Waals surface area contributed by atoms with Crippen LogP contribution in [0.5, 0.6) is 0 Å². The monoisotopic (exact) mass is 316 g/mol. The Labute approximate surface area is 134 Å². The van der Waals surface area contributed by atoms with E-state index in [2.05, 4.69) is 29.4 Å². The van der Waals surface area contributed by atoms with Crippen molar-refractivity contribution in [1.82, 2.24) is 20.1 Å². The van der Waals surface area contributed by atoms with Crippen molar-refractivity contribution in [2.24, 2.45) is 0 Å². The summed E-state index contributed by atoms with van der Waals surface area (Å²) >= 11 is 1.46. The quantitative estimate of drug-likeness (QED) is 0.832. The first kappa shape index (κ1) is 15.1. The van der Waals surface area contributed by atoms with Crippen LogP contribution in [-0.2, 0) is 4.79 Å². The Balaban J connectivity index is 1.84. The zero-order valence-electron chi connectivity index (χ0n) is 12.8. The third kappa shape index (κ3) is 3.50. The molecule has 5 nitrogen and oxygen atoms in total. The topological polar surface area (TPSA) is 59.8 Å². The minimum atomic E-state index is -0.302. The van der Waals surface area contributed by atoms with Crippen LogP contribution in [0.4, 0.5) is 0 Å². The number of carbonyl (C=O) groups is 1. The van der Waals surface area contributed by atoms with E-state index in [4.69, 9.17) is 0 Å². The van der Waals surface area contributed by atoms with Crippen LogP contribution < -0.4 is 5.32 Å². The molecule has 1 fully saturated rings. The number of carbonyl (C=O) groups excluding carboxylic acids is 1. The number of aromatic nitrogens is 3. The lowest BCUT2D eigenvalue weighted by Gasteiger charge is -2.17. The Hall–Kier alpha value is -1.82. The molecule has 0 radical (unpaired) electrons. The second-order valence-corrected chi connectivity index (χ2v) is 6.88. The summed E-state index contributed by atoms with van der Waals surface area (Å²) in [6.45, 7) is 4.16. The van der Waals surface area contributed by atoms with Crippen LogP contribution in [-0.4, -0.2) is 26.7 Å². The van der Waals surface area contributed by atoms with E-state index in [0.29, 0.717) is 6.04 Å². The molecule has 0 aliphatic heterocycles. The lowest BCUT2D eigenvalue weighted by atomic mass is 10.1. The normalized spacial score (nSPS) is 15.8. The molecule has 1 aromatic heterocycles. The van der Waals surface area contributed by atoms with Gasteiger partial charge >= 0.3 is 0 Å². The van der Waals surface area contributed by atoms with Gasteiger partial charge in [0, 0.05) is 12.1 Å². The third-order valence-corrected chi connectivity index (χ3v) is 4.81. The molecule has 1 atom stereocenters. The fourth-order valence-corrected chi connectivity index (χ4v) is 3.33. The van der Waals surface area contributed by atoms with Crippen LogP contribution in [0.1, 0.15) is 43.5 Å². The molecule has 116 valence electrons. The maximum atomic E-state index is 12.6. The maximum Gasteiger partial charge on any atom is 0.238 e. The fourth-order valence-electron chi connectivity index (χ4n) is 2.18. The molecule has 22 heavy (non-hydrogen) atoms. The van der Waals surface area contributed by atoms with Gasteiger partial charge < -0.3 is 9.88 Å². The second kappa shape index (κ2) is 6.52. The minimum absolute atomic E-state index is 0.0528. The molecule has 1 N–H and O–H groups in total. The van der Waals surface area contributed by atoms with Gasteiger partial charge in [-0.2, -0.15) is 0 Å². The SMILES string of the molecule is CC(C)n1cnnc1S[C@H](C(=O)NC1CC1)c1ccccc1. The first-order valence-corrected chi connectivity index (χ1v) is 8.44. The smallest absolute Gasteiger partial charge is 0.238 e. The van der Waals surface area contributed by atoms with Crippen LogP contribution >= 0.6 is 11.8 Å². The van der Waals surface area contributed by atoms with E-state index >= 15 is 0 Å². The Bertz CT molecular complexity index is 637. The molecule has 1 aromatic carbocycles. The molecule has 1 amide bonds. The van der Waals surface area contributed by atoms with E-state index in [-0.39, 0.29) is 17.2 Å². The van der Waals surface area contributed by atoms with Crippen LogP contribution in [0.15, 0.2) is 41.8 Å². The van der Waals surface area contributed by atoms with Crippen LogP contribution in [0.3, 0.4) is 0 Å². The fraction of sp³-hybridized carbons (Fsp3) is 0.438. The molecule has 1 aliphatic carbocycles. The number of amides is 1. The highest BCUT2D eigenvalue weighted by atomic mass is 32.2. The second-order valence-electron chi connectivity index (χ2n) is 5.81. The van der Waals surface area contributed by atoms with Gasteiger partial charge in [-0.25, -0.2) is 0 Å². The van der Waals surface area contributed by atoms with Gasteiger partial charge in [-0.3, -0.25) is 4.79 Å². The molecule has 2 aromatic rings. The van der Waals surface area contributed by atoms with Crippen molar-refractivity contribution in [3.63, 3.8) is 0 Å². The Morgan fingerprint density at radius 2 is 2.05 bits per heavy atom. The van der Waals surface area contributed by atoms with Gasteiger partial charge in [0.25, 0.3) is 0 Å². The van der Waals surface area contributed by atoms with Crippen molar-refractivity contribution in [3.05, 3.63) is 42.2 Å². The Morgan fingerprint density at radius 3 is 2.68 bits per heavy atom. The summed E-state index contributed by atoms with van der Waals surface area (Å²) in [7, 11) is 0.